The molecule has 0 unspecified atom stereocenters. The molecule has 0 atom stereocenters. The predicted molar refractivity (Wildman–Crippen MR) is 110 cm³/mol. The molecule has 0 aliphatic carbocycles. The second kappa shape index (κ2) is 9.16. The SMILES string of the molecule is O=C(O)COc1cc(Cl)c(Cc2ccc(O)c(Cc3ccc(F)cc3)c2)c(Cl)c1. The fraction of sp³-hybridized carbons (Fsp3) is 0.136. The number of benzene rings is 3. The molecule has 0 radical (unpaired) electrons. The highest BCUT2D eigenvalue weighted by Gasteiger charge is 2.13. The number of phenolic OH excluding ortho intramolecular Hbond substituents is 1. The molecule has 4 nitrogen and oxygen atoms in total. The summed E-state index contributed by atoms with van der Waals surface area (Å²) in [5.41, 5.74) is 3.11. The van der Waals surface area contributed by atoms with Crippen molar-refractivity contribution in [3.05, 3.63) is 92.7 Å². The van der Waals surface area contributed by atoms with Gasteiger partial charge in [0.1, 0.15) is 17.3 Å². The van der Waals surface area contributed by atoms with Gasteiger partial charge in [-0.15, -0.1) is 0 Å². The van der Waals surface area contributed by atoms with Crippen molar-refractivity contribution >= 4 is 29.2 Å². The minimum atomic E-state index is -1.10. The maximum absolute atomic E-state index is 13.1. The zero-order chi connectivity index (χ0) is 21.0. The summed E-state index contributed by atoms with van der Waals surface area (Å²) in [5, 5.41) is 19.6. The molecule has 0 fully saturated rings. The van der Waals surface area contributed by atoms with Gasteiger partial charge in [0.25, 0.3) is 0 Å². The van der Waals surface area contributed by atoms with Gasteiger partial charge in [0.15, 0.2) is 6.61 Å². The molecule has 29 heavy (non-hydrogen) atoms. The summed E-state index contributed by atoms with van der Waals surface area (Å²) in [6.45, 7) is -0.489. The first-order valence-corrected chi connectivity index (χ1v) is 9.45. The van der Waals surface area contributed by atoms with Crippen LogP contribution in [0.1, 0.15) is 22.3 Å². The Morgan fingerprint density at radius 3 is 2.17 bits per heavy atom. The van der Waals surface area contributed by atoms with E-state index in [9.17, 15) is 14.3 Å². The first kappa shape index (κ1) is 21.0. The number of phenols is 1. The summed E-state index contributed by atoms with van der Waals surface area (Å²) in [6, 6.07) is 14.4. The Balaban J connectivity index is 1.81. The third kappa shape index (κ3) is 5.62. The van der Waals surface area contributed by atoms with Crippen molar-refractivity contribution in [3.63, 3.8) is 0 Å². The Kier molecular flexibility index (Phi) is 6.62. The number of carbonyl (C=O) groups is 1. The highest BCUT2D eigenvalue weighted by atomic mass is 35.5. The van der Waals surface area contributed by atoms with Crippen LogP contribution in [0.3, 0.4) is 0 Å². The Morgan fingerprint density at radius 1 is 0.931 bits per heavy atom. The van der Waals surface area contributed by atoms with Crippen LogP contribution in [-0.4, -0.2) is 22.8 Å². The fourth-order valence-electron chi connectivity index (χ4n) is 2.89. The second-order valence-corrected chi connectivity index (χ2v) is 7.31. The number of hydrogen-bond acceptors (Lipinski definition) is 3. The van der Waals surface area contributed by atoms with Gasteiger partial charge in [-0.3, -0.25) is 0 Å². The number of carboxylic acids is 1. The van der Waals surface area contributed by atoms with Gasteiger partial charge < -0.3 is 14.9 Å². The topological polar surface area (TPSA) is 66.8 Å². The molecule has 0 saturated heterocycles. The first-order chi connectivity index (χ1) is 13.8. The molecule has 0 heterocycles. The van der Waals surface area contributed by atoms with E-state index in [-0.39, 0.29) is 17.3 Å². The summed E-state index contributed by atoms with van der Waals surface area (Å²) in [5.74, 6) is -0.993. The van der Waals surface area contributed by atoms with E-state index >= 15 is 0 Å². The lowest BCUT2D eigenvalue weighted by Gasteiger charge is -2.12. The van der Waals surface area contributed by atoms with E-state index in [0.29, 0.717) is 34.0 Å². The molecule has 7 heteroatoms. The van der Waals surface area contributed by atoms with Crippen LogP contribution in [0.15, 0.2) is 54.6 Å². The largest absolute Gasteiger partial charge is 0.508 e. The number of ether oxygens (including phenoxy) is 1. The second-order valence-electron chi connectivity index (χ2n) is 6.49. The molecule has 3 rings (SSSR count). The molecular weight excluding hydrogens is 418 g/mol. The van der Waals surface area contributed by atoms with E-state index < -0.39 is 12.6 Å². The van der Waals surface area contributed by atoms with Crippen molar-refractivity contribution in [2.75, 3.05) is 6.61 Å². The lowest BCUT2D eigenvalue weighted by molar-refractivity contribution is -0.139. The lowest BCUT2D eigenvalue weighted by Crippen LogP contribution is -2.09. The Hall–Kier alpha value is -2.76. The van der Waals surface area contributed by atoms with E-state index in [4.69, 9.17) is 33.0 Å². The number of hydrogen-bond donors (Lipinski definition) is 2. The van der Waals surface area contributed by atoms with E-state index in [1.54, 1.807) is 24.3 Å². The van der Waals surface area contributed by atoms with Gasteiger partial charge in [-0.2, -0.15) is 0 Å². The molecule has 3 aromatic rings. The minimum absolute atomic E-state index is 0.146. The minimum Gasteiger partial charge on any atom is -0.508 e. The zero-order valence-corrected chi connectivity index (χ0v) is 16.7. The van der Waals surface area contributed by atoms with Crippen molar-refractivity contribution in [3.8, 4) is 11.5 Å². The van der Waals surface area contributed by atoms with E-state index in [2.05, 4.69) is 0 Å². The average molecular weight is 435 g/mol. The van der Waals surface area contributed by atoms with Gasteiger partial charge in [-0.25, -0.2) is 9.18 Å². The van der Waals surface area contributed by atoms with Gasteiger partial charge in [-0.1, -0.05) is 47.5 Å². The van der Waals surface area contributed by atoms with Crippen LogP contribution in [0.25, 0.3) is 0 Å². The molecule has 0 aromatic heterocycles. The van der Waals surface area contributed by atoms with E-state index in [1.165, 1.54) is 24.3 Å². The molecule has 3 aromatic carbocycles. The van der Waals surface area contributed by atoms with Crippen LogP contribution in [0, 0.1) is 5.82 Å². The molecule has 150 valence electrons. The fourth-order valence-corrected chi connectivity index (χ4v) is 3.49. The highest BCUT2D eigenvalue weighted by Crippen LogP contribution is 2.33. The summed E-state index contributed by atoms with van der Waals surface area (Å²) >= 11 is 12.6. The van der Waals surface area contributed by atoms with Gasteiger partial charge >= 0.3 is 5.97 Å². The van der Waals surface area contributed by atoms with Crippen LogP contribution in [0.4, 0.5) is 4.39 Å². The average Bonchev–Trinajstić information content (AvgIpc) is 2.67. The van der Waals surface area contributed by atoms with Crippen LogP contribution >= 0.6 is 23.2 Å². The van der Waals surface area contributed by atoms with Crippen LogP contribution < -0.4 is 4.74 Å². The van der Waals surface area contributed by atoms with Crippen molar-refractivity contribution in [2.24, 2.45) is 0 Å². The lowest BCUT2D eigenvalue weighted by atomic mass is 9.98. The van der Waals surface area contributed by atoms with Crippen LogP contribution in [0.5, 0.6) is 11.5 Å². The molecule has 0 bridgehead atoms. The van der Waals surface area contributed by atoms with Crippen LogP contribution in [0.2, 0.25) is 10.0 Å². The Morgan fingerprint density at radius 2 is 1.55 bits per heavy atom. The van der Waals surface area contributed by atoms with Gasteiger partial charge in [0, 0.05) is 22.9 Å². The smallest absolute Gasteiger partial charge is 0.341 e. The molecular formula is C22H17Cl2FO4. The van der Waals surface area contributed by atoms with E-state index in [1.807, 2.05) is 6.07 Å². The summed E-state index contributed by atoms with van der Waals surface area (Å²) in [6.07, 6.45) is 0.858. The highest BCUT2D eigenvalue weighted by molar-refractivity contribution is 6.36. The molecule has 2 N–H and O–H groups in total. The quantitative estimate of drug-likeness (QED) is 0.516. The predicted octanol–water partition coefficient (Wildman–Crippen LogP) is 5.48. The maximum atomic E-state index is 13.1. The standard InChI is InChI=1S/C22H17Cl2FO4/c23-19-10-17(29-12-22(27)28)11-20(24)18(19)9-14-3-6-21(26)15(8-14)7-13-1-4-16(25)5-2-13/h1-6,8,10-11,26H,7,9,12H2,(H,27,28). The van der Waals surface area contributed by atoms with Crippen molar-refractivity contribution in [1.82, 2.24) is 0 Å². The number of aliphatic carboxylic acids is 1. The first-order valence-electron chi connectivity index (χ1n) is 8.69. The van der Waals surface area contributed by atoms with Gasteiger partial charge in [-0.05, 0) is 52.6 Å². The summed E-state index contributed by atoms with van der Waals surface area (Å²) in [7, 11) is 0. The van der Waals surface area contributed by atoms with Crippen LogP contribution in [-0.2, 0) is 17.6 Å². The molecule has 0 aliphatic rings. The van der Waals surface area contributed by atoms with E-state index in [0.717, 1.165) is 11.1 Å². The van der Waals surface area contributed by atoms with Crippen molar-refractivity contribution < 1.29 is 24.1 Å². The normalized spacial score (nSPS) is 10.7. The third-order valence-electron chi connectivity index (χ3n) is 4.31. The van der Waals surface area contributed by atoms with Crippen molar-refractivity contribution in [1.29, 1.82) is 0 Å². The molecule has 0 saturated carbocycles. The molecule has 0 spiro atoms. The summed E-state index contributed by atoms with van der Waals surface area (Å²) < 4.78 is 18.2. The molecule has 0 amide bonds. The zero-order valence-electron chi connectivity index (χ0n) is 15.2. The third-order valence-corrected chi connectivity index (χ3v) is 4.98. The Bertz CT molecular complexity index is 1010. The number of halogens is 3. The number of aromatic hydroxyl groups is 1. The molecule has 0 aliphatic heterocycles. The van der Waals surface area contributed by atoms with Crippen molar-refractivity contribution in [2.45, 2.75) is 12.8 Å². The number of rotatable bonds is 7. The van der Waals surface area contributed by atoms with Gasteiger partial charge in [0.05, 0.1) is 0 Å². The monoisotopic (exact) mass is 434 g/mol. The summed E-state index contributed by atoms with van der Waals surface area (Å²) in [4.78, 5) is 10.6. The number of carboxylic acid groups (broad SMARTS) is 1. The van der Waals surface area contributed by atoms with Gasteiger partial charge in [0.2, 0.25) is 0 Å². The maximum Gasteiger partial charge on any atom is 0.341 e. The Labute approximate surface area is 177 Å².